The first-order valence-corrected chi connectivity index (χ1v) is 7.58. The number of benzene rings is 1. The van der Waals surface area contributed by atoms with Gasteiger partial charge in [0, 0.05) is 10.9 Å². The minimum Gasteiger partial charge on any atom is -0.497 e. The minimum atomic E-state index is -0.620. The Balaban J connectivity index is 2.34. The number of methoxy groups -OCH3 is 1. The summed E-state index contributed by atoms with van der Waals surface area (Å²) in [5.41, 5.74) is 3.50. The monoisotopic (exact) mass is 326 g/mol. The Morgan fingerprint density at radius 3 is 2.33 bits per heavy atom. The first kappa shape index (κ1) is 16.1. The van der Waals surface area contributed by atoms with Crippen LogP contribution in [0.1, 0.15) is 32.1 Å². The van der Waals surface area contributed by atoms with Gasteiger partial charge in [0.1, 0.15) is 17.1 Å². The summed E-state index contributed by atoms with van der Waals surface area (Å²) in [4.78, 5) is 24.2. The van der Waals surface area contributed by atoms with E-state index in [0.29, 0.717) is 33.8 Å². The third-order valence-corrected chi connectivity index (χ3v) is 4.16. The molecule has 0 unspecified atom stereocenters. The summed E-state index contributed by atoms with van der Waals surface area (Å²) in [6.07, 6.45) is 0. The highest BCUT2D eigenvalue weighted by molar-refractivity contribution is 6.22. The summed E-state index contributed by atoms with van der Waals surface area (Å²) in [5.74, 6) is 0.140. The second-order valence-electron chi connectivity index (χ2n) is 5.95. The molecule has 1 aliphatic heterocycles. The van der Waals surface area contributed by atoms with Gasteiger partial charge in [0.15, 0.2) is 0 Å². The van der Waals surface area contributed by atoms with E-state index in [1.165, 1.54) is 0 Å². The van der Waals surface area contributed by atoms with Crippen LogP contribution in [0.4, 0.5) is 0 Å². The van der Waals surface area contributed by atoms with E-state index in [1.807, 2.05) is 25.1 Å². The number of hydrogen-bond acceptors (Lipinski definition) is 5. The standard InChI is InChI=1S/C19H18O5/c1-9(2)15-17(19(21)24-18(15)20)10(3)16-11(4)23-14-7-6-12(22-5)8-13(14)16/h6-8H,1-5H3/b17-10+. The molecular formula is C19H18O5. The lowest BCUT2D eigenvalue weighted by Crippen LogP contribution is -2.00. The molecule has 5 heteroatoms. The topological polar surface area (TPSA) is 65.7 Å². The average Bonchev–Trinajstić information content (AvgIpc) is 3.01. The number of esters is 2. The predicted octanol–water partition coefficient (Wildman–Crippen LogP) is 3.94. The highest BCUT2D eigenvalue weighted by atomic mass is 16.6. The van der Waals surface area contributed by atoms with E-state index >= 15 is 0 Å². The van der Waals surface area contributed by atoms with Crippen molar-refractivity contribution in [2.24, 2.45) is 0 Å². The van der Waals surface area contributed by atoms with Gasteiger partial charge in [0.05, 0.1) is 18.3 Å². The molecule has 0 radical (unpaired) electrons. The fraction of sp³-hybridized carbons (Fsp3) is 0.263. The van der Waals surface area contributed by atoms with Crippen LogP contribution < -0.4 is 4.74 Å². The minimum absolute atomic E-state index is 0.300. The van der Waals surface area contributed by atoms with Gasteiger partial charge >= 0.3 is 11.9 Å². The van der Waals surface area contributed by atoms with Crippen LogP contribution in [0.25, 0.3) is 16.5 Å². The number of furan rings is 1. The number of ether oxygens (including phenoxy) is 2. The zero-order valence-electron chi connectivity index (χ0n) is 14.3. The van der Waals surface area contributed by atoms with Crippen LogP contribution in [0, 0.1) is 6.92 Å². The second kappa shape index (κ2) is 5.67. The molecule has 0 saturated carbocycles. The summed E-state index contributed by atoms with van der Waals surface area (Å²) in [6.45, 7) is 7.20. The maximum atomic E-state index is 12.2. The first-order chi connectivity index (χ1) is 11.3. The van der Waals surface area contributed by atoms with Crippen LogP contribution in [0.3, 0.4) is 0 Å². The molecule has 24 heavy (non-hydrogen) atoms. The molecule has 0 atom stereocenters. The molecule has 0 amide bonds. The third kappa shape index (κ3) is 2.33. The SMILES string of the molecule is COc1ccc2oc(C)c(/C(C)=C3/C(=O)OC(=O)C3=C(C)C)c2c1. The maximum absolute atomic E-state index is 12.2. The van der Waals surface area contributed by atoms with E-state index in [-0.39, 0.29) is 0 Å². The van der Waals surface area contributed by atoms with Gasteiger partial charge in [0.25, 0.3) is 0 Å². The first-order valence-electron chi connectivity index (χ1n) is 7.58. The third-order valence-electron chi connectivity index (χ3n) is 4.16. The molecule has 124 valence electrons. The van der Waals surface area contributed by atoms with Crippen LogP contribution in [0.2, 0.25) is 0 Å². The molecule has 5 nitrogen and oxygen atoms in total. The maximum Gasteiger partial charge on any atom is 0.347 e. The molecule has 1 aliphatic rings. The fourth-order valence-corrected chi connectivity index (χ4v) is 3.10. The number of cyclic esters (lactones) is 2. The molecule has 1 saturated heterocycles. The summed E-state index contributed by atoms with van der Waals surface area (Å²) < 4.78 is 15.9. The summed E-state index contributed by atoms with van der Waals surface area (Å²) in [6, 6.07) is 5.49. The number of rotatable bonds is 2. The van der Waals surface area contributed by atoms with Crippen molar-refractivity contribution in [3.63, 3.8) is 0 Å². The summed E-state index contributed by atoms with van der Waals surface area (Å²) in [5, 5.41) is 0.831. The Hall–Kier alpha value is -2.82. The van der Waals surface area contributed by atoms with Crippen molar-refractivity contribution in [3.8, 4) is 5.75 Å². The lowest BCUT2D eigenvalue weighted by atomic mass is 9.93. The Labute approximate surface area is 139 Å². The van der Waals surface area contributed by atoms with Gasteiger partial charge in [-0.3, -0.25) is 0 Å². The van der Waals surface area contributed by atoms with E-state index < -0.39 is 11.9 Å². The average molecular weight is 326 g/mol. The molecule has 1 aromatic carbocycles. The van der Waals surface area contributed by atoms with Crippen molar-refractivity contribution in [2.75, 3.05) is 7.11 Å². The number of carbonyl (C=O) groups is 2. The molecular weight excluding hydrogens is 308 g/mol. The summed E-state index contributed by atoms with van der Waals surface area (Å²) in [7, 11) is 1.59. The van der Waals surface area contributed by atoms with Crippen LogP contribution in [-0.4, -0.2) is 19.0 Å². The largest absolute Gasteiger partial charge is 0.497 e. The number of allylic oxidation sites excluding steroid dienone is 2. The molecule has 1 aromatic heterocycles. The van der Waals surface area contributed by atoms with Gasteiger partial charge in [0.2, 0.25) is 0 Å². The zero-order valence-corrected chi connectivity index (χ0v) is 14.3. The highest BCUT2D eigenvalue weighted by Gasteiger charge is 2.37. The van der Waals surface area contributed by atoms with E-state index in [4.69, 9.17) is 13.9 Å². The molecule has 3 rings (SSSR count). The van der Waals surface area contributed by atoms with Gasteiger partial charge in [-0.25, -0.2) is 9.59 Å². The molecule has 1 fully saturated rings. The normalized spacial score (nSPS) is 16.6. The van der Waals surface area contributed by atoms with Crippen molar-refractivity contribution in [1.82, 2.24) is 0 Å². The number of aryl methyl sites for hydroxylation is 1. The van der Waals surface area contributed by atoms with Gasteiger partial charge in [-0.1, -0.05) is 5.57 Å². The number of hydrogen-bond donors (Lipinski definition) is 0. The van der Waals surface area contributed by atoms with E-state index in [0.717, 1.165) is 16.5 Å². The van der Waals surface area contributed by atoms with Crippen LogP contribution in [0.15, 0.2) is 39.3 Å². The Kier molecular flexibility index (Phi) is 3.79. The van der Waals surface area contributed by atoms with E-state index in [1.54, 1.807) is 27.9 Å². The lowest BCUT2D eigenvalue weighted by Gasteiger charge is -2.06. The van der Waals surface area contributed by atoms with Crippen molar-refractivity contribution in [2.45, 2.75) is 27.7 Å². The Bertz CT molecular complexity index is 936. The van der Waals surface area contributed by atoms with Gasteiger partial charge < -0.3 is 13.9 Å². The summed E-state index contributed by atoms with van der Waals surface area (Å²) >= 11 is 0. The molecule has 2 aromatic rings. The molecule has 0 aliphatic carbocycles. The quantitative estimate of drug-likeness (QED) is 0.475. The van der Waals surface area contributed by atoms with Gasteiger partial charge in [-0.05, 0) is 51.5 Å². The highest BCUT2D eigenvalue weighted by Crippen LogP contribution is 2.38. The molecule has 0 bridgehead atoms. The van der Waals surface area contributed by atoms with Gasteiger partial charge in [-0.2, -0.15) is 0 Å². The van der Waals surface area contributed by atoms with Crippen LogP contribution in [0.5, 0.6) is 5.75 Å². The predicted molar refractivity (Wildman–Crippen MR) is 89.6 cm³/mol. The van der Waals surface area contributed by atoms with E-state index in [9.17, 15) is 9.59 Å². The Morgan fingerprint density at radius 2 is 1.71 bits per heavy atom. The van der Waals surface area contributed by atoms with E-state index in [2.05, 4.69) is 0 Å². The van der Waals surface area contributed by atoms with Crippen molar-refractivity contribution < 1.29 is 23.5 Å². The van der Waals surface area contributed by atoms with Crippen LogP contribution >= 0.6 is 0 Å². The van der Waals surface area contributed by atoms with Crippen LogP contribution in [-0.2, 0) is 14.3 Å². The molecule has 2 heterocycles. The van der Waals surface area contributed by atoms with Crippen molar-refractivity contribution >= 4 is 28.5 Å². The second-order valence-corrected chi connectivity index (χ2v) is 5.95. The number of carbonyl (C=O) groups excluding carboxylic acids is 2. The lowest BCUT2D eigenvalue weighted by molar-refractivity contribution is -0.149. The zero-order chi connectivity index (χ0) is 17.6. The Morgan fingerprint density at radius 1 is 1.04 bits per heavy atom. The molecule has 0 spiro atoms. The smallest absolute Gasteiger partial charge is 0.347 e. The molecule has 0 N–H and O–H groups in total. The van der Waals surface area contributed by atoms with Gasteiger partial charge in [-0.15, -0.1) is 0 Å². The fourth-order valence-electron chi connectivity index (χ4n) is 3.10. The van der Waals surface area contributed by atoms with Crippen molar-refractivity contribution in [3.05, 3.63) is 46.2 Å². The van der Waals surface area contributed by atoms with Crippen molar-refractivity contribution in [1.29, 1.82) is 0 Å². The number of fused-ring (bicyclic) bond motifs is 1.